The second-order valence-electron chi connectivity index (χ2n) is 5.33. The zero-order valence-corrected chi connectivity index (χ0v) is 11.8. The number of aliphatic hydroxyl groups excluding tert-OH is 1. The lowest BCUT2D eigenvalue weighted by Crippen LogP contribution is -2.04. The van der Waals surface area contributed by atoms with E-state index in [0.29, 0.717) is 6.04 Å². The molecule has 2 aromatic heterocycles. The van der Waals surface area contributed by atoms with Crippen molar-refractivity contribution in [3.8, 4) is 0 Å². The molecule has 0 atom stereocenters. The Hall–Kier alpha value is -2.07. The van der Waals surface area contributed by atoms with Crippen molar-refractivity contribution in [3.05, 3.63) is 54.0 Å². The van der Waals surface area contributed by atoms with E-state index in [1.807, 2.05) is 23.0 Å². The fraction of sp³-hybridized carbons (Fsp3) is 0.312. The van der Waals surface area contributed by atoms with Gasteiger partial charge in [0.05, 0.1) is 18.8 Å². The highest BCUT2D eigenvalue weighted by Gasteiger charge is 2.07. The van der Waals surface area contributed by atoms with Gasteiger partial charge in [0.25, 0.3) is 0 Å². The lowest BCUT2D eigenvalue weighted by molar-refractivity contribution is 0.283. The Bertz CT molecular complexity index is 724. The Kier molecular flexibility index (Phi) is 3.32. The van der Waals surface area contributed by atoms with E-state index in [9.17, 15) is 5.11 Å². The Morgan fingerprint density at radius 2 is 2.00 bits per heavy atom. The summed E-state index contributed by atoms with van der Waals surface area (Å²) in [4.78, 5) is 0. The monoisotopic (exact) mass is 269 g/mol. The van der Waals surface area contributed by atoms with Crippen LogP contribution >= 0.6 is 0 Å². The van der Waals surface area contributed by atoms with E-state index in [2.05, 4.69) is 47.9 Å². The fourth-order valence-electron chi connectivity index (χ4n) is 2.49. The molecule has 0 radical (unpaired) electrons. The minimum Gasteiger partial charge on any atom is -0.392 e. The Morgan fingerprint density at radius 3 is 2.70 bits per heavy atom. The van der Waals surface area contributed by atoms with E-state index >= 15 is 0 Å². The minimum absolute atomic E-state index is 0.0727. The molecular weight excluding hydrogens is 250 g/mol. The van der Waals surface area contributed by atoms with Gasteiger partial charge in [-0.3, -0.25) is 4.68 Å². The van der Waals surface area contributed by atoms with Gasteiger partial charge in [0.2, 0.25) is 0 Å². The van der Waals surface area contributed by atoms with Crippen LogP contribution in [-0.4, -0.2) is 19.5 Å². The predicted octanol–water partition coefficient (Wildman–Crippen LogP) is 2.96. The molecule has 104 valence electrons. The normalized spacial score (nSPS) is 11.6. The third-order valence-corrected chi connectivity index (χ3v) is 3.60. The van der Waals surface area contributed by atoms with Crippen LogP contribution < -0.4 is 0 Å². The predicted molar refractivity (Wildman–Crippen MR) is 79.6 cm³/mol. The van der Waals surface area contributed by atoms with Gasteiger partial charge in [-0.2, -0.15) is 5.10 Å². The van der Waals surface area contributed by atoms with Gasteiger partial charge in [-0.25, -0.2) is 0 Å². The second-order valence-corrected chi connectivity index (χ2v) is 5.33. The summed E-state index contributed by atoms with van der Waals surface area (Å²) in [5.41, 5.74) is 3.15. The molecule has 1 aromatic carbocycles. The van der Waals surface area contributed by atoms with Gasteiger partial charge in [-0.05, 0) is 37.6 Å². The highest BCUT2D eigenvalue weighted by atomic mass is 16.3. The number of hydrogen-bond donors (Lipinski definition) is 1. The van der Waals surface area contributed by atoms with Crippen LogP contribution in [0.1, 0.15) is 31.1 Å². The Labute approximate surface area is 118 Å². The lowest BCUT2D eigenvalue weighted by atomic mass is 10.1. The van der Waals surface area contributed by atoms with Crippen LogP contribution in [0, 0.1) is 0 Å². The molecule has 4 heteroatoms. The summed E-state index contributed by atoms with van der Waals surface area (Å²) in [6.45, 7) is 5.06. The minimum atomic E-state index is 0.0727. The molecule has 0 spiro atoms. The first-order chi connectivity index (χ1) is 9.69. The van der Waals surface area contributed by atoms with Crippen molar-refractivity contribution < 1.29 is 5.11 Å². The summed E-state index contributed by atoms with van der Waals surface area (Å²) in [7, 11) is 0. The molecule has 0 aliphatic carbocycles. The molecule has 0 amide bonds. The lowest BCUT2D eigenvalue weighted by Gasteiger charge is -2.06. The molecule has 0 aliphatic rings. The molecular formula is C16H19N3O. The van der Waals surface area contributed by atoms with Crippen LogP contribution in [0.4, 0.5) is 0 Å². The van der Waals surface area contributed by atoms with E-state index in [1.54, 1.807) is 0 Å². The summed E-state index contributed by atoms with van der Waals surface area (Å²) in [6, 6.07) is 10.5. The van der Waals surface area contributed by atoms with Gasteiger partial charge < -0.3 is 9.67 Å². The van der Waals surface area contributed by atoms with Crippen LogP contribution in [-0.2, 0) is 13.2 Å². The molecule has 0 saturated heterocycles. The topological polar surface area (TPSA) is 43.0 Å². The number of aromatic nitrogens is 3. The maximum Gasteiger partial charge on any atom is 0.0821 e. The number of rotatable bonds is 4. The van der Waals surface area contributed by atoms with Crippen molar-refractivity contribution in [2.75, 3.05) is 0 Å². The molecule has 3 aromatic rings. The van der Waals surface area contributed by atoms with Gasteiger partial charge in [0, 0.05) is 29.3 Å². The maximum atomic E-state index is 9.37. The van der Waals surface area contributed by atoms with Gasteiger partial charge in [-0.15, -0.1) is 0 Å². The summed E-state index contributed by atoms with van der Waals surface area (Å²) < 4.78 is 4.14. The third-order valence-electron chi connectivity index (χ3n) is 3.60. The third kappa shape index (κ3) is 2.23. The van der Waals surface area contributed by atoms with Gasteiger partial charge in [0.15, 0.2) is 0 Å². The molecule has 20 heavy (non-hydrogen) atoms. The van der Waals surface area contributed by atoms with Crippen LogP contribution in [0.2, 0.25) is 0 Å². The zero-order valence-electron chi connectivity index (χ0n) is 11.8. The molecule has 0 aliphatic heterocycles. The van der Waals surface area contributed by atoms with Crippen molar-refractivity contribution in [3.63, 3.8) is 0 Å². The summed E-state index contributed by atoms with van der Waals surface area (Å²) in [5.74, 6) is 0. The first-order valence-corrected chi connectivity index (χ1v) is 6.90. The van der Waals surface area contributed by atoms with Crippen molar-refractivity contribution in [2.45, 2.75) is 33.0 Å². The zero-order chi connectivity index (χ0) is 14.1. The molecule has 0 saturated carbocycles. The van der Waals surface area contributed by atoms with Gasteiger partial charge in [-0.1, -0.05) is 12.1 Å². The second kappa shape index (κ2) is 5.13. The number of benzene rings is 1. The molecule has 0 bridgehead atoms. The summed E-state index contributed by atoms with van der Waals surface area (Å²) in [6.07, 6.45) is 4.07. The molecule has 0 fully saturated rings. The summed E-state index contributed by atoms with van der Waals surface area (Å²) in [5, 5.41) is 15.1. The van der Waals surface area contributed by atoms with Gasteiger partial charge >= 0.3 is 0 Å². The van der Waals surface area contributed by atoms with E-state index in [1.165, 1.54) is 0 Å². The average molecular weight is 269 g/mol. The number of aliphatic hydroxyl groups is 1. The largest absolute Gasteiger partial charge is 0.392 e. The Balaban J connectivity index is 1.94. The molecule has 3 rings (SSSR count). The average Bonchev–Trinajstić information content (AvgIpc) is 3.06. The highest BCUT2D eigenvalue weighted by Crippen LogP contribution is 2.21. The number of hydrogen-bond acceptors (Lipinski definition) is 2. The van der Waals surface area contributed by atoms with E-state index in [0.717, 1.165) is 28.7 Å². The van der Waals surface area contributed by atoms with Crippen molar-refractivity contribution in [2.24, 2.45) is 0 Å². The molecule has 4 nitrogen and oxygen atoms in total. The van der Waals surface area contributed by atoms with Crippen molar-refractivity contribution in [1.82, 2.24) is 14.3 Å². The molecule has 1 N–H and O–H groups in total. The van der Waals surface area contributed by atoms with Crippen molar-refractivity contribution >= 4 is 10.9 Å². The fourth-order valence-corrected chi connectivity index (χ4v) is 2.49. The Morgan fingerprint density at radius 1 is 1.15 bits per heavy atom. The SMILES string of the molecule is CC(C)n1ccc(Cn2ccc3c(CO)cccc32)n1. The van der Waals surface area contributed by atoms with Crippen LogP contribution in [0.5, 0.6) is 0 Å². The highest BCUT2D eigenvalue weighted by molar-refractivity contribution is 5.83. The molecule has 2 heterocycles. The number of fused-ring (bicyclic) bond motifs is 1. The first-order valence-electron chi connectivity index (χ1n) is 6.90. The number of nitrogens with zero attached hydrogens (tertiary/aromatic N) is 3. The summed E-state index contributed by atoms with van der Waals surface area (Å²) >= 11 is 0. The van der Waals surface area contributed by atoms with E-state index < -0.39 is 0 Å². The van der Waals surface area contributed by atoms with Crippen LogP contribution in [0.25, 0.3) is 10.9 Å². The van der Waals surface area contributed by atoms with Crippen molar-refractivity contribution in [1.29, 1.82) is 0 Å². The van der Waals surface area contributed by atoms with Crippen LogP contribution in [0.15, 0.2) is 42.7 Å². The quantitative estimate of drug-likeness (QED) is 0.791. The maximum absolute atomic E-state index is 9.37. The first kappa shape index (κ1) is 12.9. The smallest absolute Gasteiger partial charge is 0.0821 e. The molecule has 0 unspecified atom stereocenters. The van der Waals surface area contributed by atoms with Gasteiger partial charge in [0.1, 0.15) is 0 Å². The van der Waals surface area contributed by atoms with E-state index in [4.69, 9.17) is 0 Å². The van der Waals surface area contributed by atoms with Crippen LogP contribution in [0.3, 0.4) is 0 Å². The standard InChI is InChI=1S/C16H19N3O/c1-12(2)19-9-6-14(17-19)10-18-8-7-15-13(11-20)4-3-5-16(15)18/h3-9,12,20H,10-11H2,1-2H3. The van der Waals surface area contributed by atoms with E-state index in [-0.39, 0.29) is 6.61 Å².